The Morgan fingerprint density at radius 3 is 3.11 bits per heavy atom. The highest BCUT2D eigenvalue weighted by molar-refractivity contribution is 5.09. The summed E-state index contributed by atoms with van der Waals surface area (Å²) in [6, 6.07) is 0.886. The summed E-state index contributed by atoms with van der Waals surface area (Å²) in [5.41, 5.74) is 1.27. The van der Waals surface area contributed by atoms with Crippen molar-refractivity contribution in [2.45, 2.75) is 57.7 Å². The largest absolute Gasteiger partial charge is 0.381 e. The van der Waals surface area contributed by atoms with Gasteiger partial charge in [-0.3, -0.25) is 4.68 Å². The second-order valence-corrected chi connectivity index (χ2v) is 5.21. The second kappa shape index (κ2) is 6.34. The molecule has 0 aromatic carbocycles. The van der Waals surface area contributed by atoms with Crippen LogP contribution in [0.2, 0.25) is 0 Å². The fourth-order valence-electron chi connectivity index (χ4n) is 2.77. The Bertz CT molecular complexity index is 364. The summed E-state index contributed by atoms with van der Waals surface area (Å²) in [6.45, 7) is 5.30. The minimum absolute atomic E-state index is 0.380. The van der Waals surface area contributed by atoms with Crippen LogP contribution in [0.3, 0.4) is 0 Å². The van der Waals surface area contributed by atoms with Gasteiger partial charge in [0.2, 0.25) is 0 Å². The first-order chi connectivity index (χ1) is 8.74. The van der Waals surface area contributed by atoms with Gasteiger partial charge in [0.05, 0.1) is 18.3 Å². The van der Waals surface area contributed by atoms with Crippen molar-refractivity contribution in [1.82, 2.24) is 15.1 Å². The number of nitrogens with one attached hydrogen (secondary N) is 1. The minimum atomic E-state index is 0.380. The highest BCUT2D eigenvalue weighted by Crippen LogP contribution is 2.30. The van der Waals surface area contributed by atoms with Gasteiger partial charge in [-0.15, -0.1) is 0 Å². The third kappa shape index (κ3) is 3.12. The second-order valence-electron chi connectivity index (χ2n) is 5.21. The topological polar surface area (TPSA) is 39.1 Å². The molecule has 1 N–H and O–H groups in total. The maximum absolute atomic E-state index is 5.48. The average Bonchev–Trinajstić information content (AvgIpc) is 2.89. The standard InChI is InChI=1S/C14H25N3O/c1-4-15-11(2)12-9-16-17(10-12)13-6-5-7-14(8-13)18-3/h9-11,13-15H,4-8H2,1-3H3. The van der Waals surface area contributed by atoms with Crippen molar-refractivity contribution in [3.05, 3.63) is 18.0 Å². The maximum atomic E-state index is 5.48. The summed E-state index contributed by atoms with van der Waals surface area (Å²) in [5, 5.41) is 7.95. The molecule has 1 heterocycles. The first kappa shape index (κ1) is 13.6. The number of hydrogen-bond acceptors (Lipinski definition) is 3. The van der Waals surface area contributed by atoms with E-state index in [0.717, 1.165) is 13.0 Å². The van der Waals surface area contributed by atoms with Crippen LogP contribution in [0.15, 0.2) is 12.4 Å². The van der Waals surface area contributed by atoms with E-state index in [2.05, 4.69) is 35.1 Å². The molecular weight excluding hydrogens is 226 g/mol. The fourth-order valence-corrected chi connectivity index (χ4v) is 2.77. The molecule has 1 aliphatic carbocycles. The van der Waals surface area contributed by atoms with Gasteiger partial charge in [-0.2, -0.15) is 5.10 Å². The quantitative estimate of drug-likeness (QED) is 0.874. The molecule has 1 aliphatic rings. The predicted octanol–water partition coefficient (Wildman–Crippen LogP) is 2.68. The number of hydrogen-bond donors (Lipinski definition) is 1. The summed E-state index contributed by atoms with van der Waals surface area (Å²) in [6.07, 6.45) is 9.32. The van der Waals surface area contributed by atoms with Crippen molar-refractivity contribution in [2.75, 3.05) is 13.7 Å². The summed E-state index contributed by atoms with van der Waals surface area (Å²) in [4.78, 5) is 0. The van der Waals surface area contributed by atoms with E-state index < -0.39 is 0 Å². The van der Waals surface area contributed by atoms with Crippen LogP contribution in [0.4, 0.5) is 0 Å². The Morgan fingerprint density at radius 2 is 2.39 bits per heavy atom. The average molecular weight is 251 g/mol. The molecule has 0 spiro atoms. The molecule has 3 unspecified atom stereocenters. The summed E-state index contributed by atoms with van der Waals surface area (Å²) >= 11 is 0. The Morgan fingerprint density at radius 1 is 1.56 bits per heavy atom. The van der Waals surface area contributed by atoms with E-state index >= 15 is 0 Å². The van der Waals surface area contributed by atoms with Crippen LogP contribution in [-0.2, 0) is 4.74 Å². The molecule has 0 amide bonds. The molecule has 0 radical (unpaired) electrons. The molecule has 18 heavy (non-hydrogen) atoms. The SMILES string of the molecule is CCNC(C)c1cnn(C2CCCC(OC)C2)c1. The molecule has 1 fully saturated rings. The normalized spacial score (nSPS) is 26.2. The number of nitrogens with zero attached hydrogens (tertiary/aromatic N) is 2. The van der Waals surface area contributed by atoms with Crippen LogP contribution in [0.25, 0.3) is 0 Å². The molecule has 0 saturated heterocycles. The molecule has 2 rings (SSSR count). The third-order valence-corrected chi connectivity index (χ3v) is 3.94. The van der Waals surface area contributed by atoms with Gasteiger partial charge in [-0.05, 0) is 39.2 Å². The van der Waals surface area contributed by atoms with Gasteiger partial charge < -0.3 is 10.1 Å². The van der Waals surface area contributed by atoms with Crippen molar-refractivity contribution in [2.24, 2.45) is 0 Å². The first-order valence-electron chi connectivity index (χ1n) is 7.04. The Labute approximate surface area is 110 Å². The Hall–Kier alpha value is -0.870. The van der Waals surface area contributed by atoms with E-state index in [9.17, 15) is 0 Å². The van der Waals surface area contributed by atoms with Crippen molar-refractivity contribution < 1.29 is 4.74 Å². The van der Waals surface area contributed by atoms with Crippen molar-refractivity contribution >= 4 is 0 Å². The molecule has 1 saturated carbocycles. The van der Waals surface area contributed by atoms with Crippen LogP contribution in [0.5, 0.6) is 0 Å². The predicted molar refractivity (Wildman–Crippen MR) is 72.6 cm³/mol. The molecule has 3 atom stereocenters. The van der Waals surface area contributed by atoms with E-state index in [0.29, 0.717) is 18.2 Å². The van der Waals surface area contributed by atoms with Gasteiger partial charge in [0, 0.05) is 24.9 Å². The van der Waals surface area contributed by atoms with E-state index in [4.69, 9.17) is 4.74 Å². The van der Waals surface area contributed by atoms with Crippen LogP contribution >= 0.6 is 0 Å². The van der Waals surface area contributed by atoms with E-state index in [1.165, 1.54) is 24.8 Å². The van der Waals surface area contributed by atoms with Crippen LogP contribution in [-0.4, -0.2) is 29.5 Å². The van der Waals surface area contributed by atoms with Crippen molar-refractivity contribution in [3.8, 4) is 0 Å². The molecule has 4 heteroatoms. The molecule has 4 nitrogen and oxygen atoms in total. The summed E-state index contributed by atoms with van der Waals surface area (Å²) in [5.74, 6) is 0. The van der Waals surface area contributed by atoms with E-state index in [1.54, 1.807) is 0 Å². The van der Waals surface area contributed by atoms with Crippen molar-refractivity contribution in [3.63, 3.8) is 0 Å². The lowest BCUT2D eigenvalue weighted by atomic mass is 9.93. The number of ether oxygens (including phenoxy) is 1. The molecule has 102 valence electrons. The lowest BCUT2D eigenvalue weighted by molar-refractivity contribution is 0.0508. The lowest BCUT2D eigenvalue weighted by Crippen LogP contribution is -2.24. The number of aromatic nitrogens is 2. The molecule has 0 bridgehead atoms. The molecule has 1 aromatic heterocycles. The molecule has 1 aromatic rings. The maximum Gasteiger partial charge on any atom is 0.0591 e. The third-order valence-electron chi connectivity index (χ3n) is 3.94. The zero-order valence-corrected chi connectivity index (χ0v) is 11.7. The van der Waals surface area contributed by atoms with Crippen LogP contribution < -0.4 is 5.32 Å². The van der Waals surface area contributed by atoms with Gasteiger partial charge in [-0.25, -0.2) is 0 Å². The molecule has 0 aliphatic heterocycles. The Kier molecular flexibility index (Phi) is 4.78. The molecular formula is C14H25N3O. The number of methoxy groups -OCH3 is 1. The lowest BCUT2D eigenvalue weighted by Gasteiger charge is -2.28. The fraction of sp³-hybridized carbons (Fsp3) is 0.786. The van der Waals surface area contributed by atoms with Gasteiger partial charge in [0.25, 0.3) is 0 Å². The van der Waals surface area contributed by atoms with Gasteiger partial charge >= 0.3 is 0 Å². The van der Waals surface area contributed by atoms with Crippen LogP contribution in [0.1, 0.15) is 57.2 Å². The summed E-state index contributed by atoms with van der Waals surface area (Å²) in [7, 11) is 1.81. The summed E-state index contributed by atoms with van der Waals surface area (Å²) < 4.78 is 7.62. The van der Waals surface area contributed by atoms with Crippen LogP contribution in [0, 0.1) is 0 Å². The van der Waals surface area contributed by atoms with Crippen molar-refractivity contribution in [1.29, 1.82) is 0 Å². The van der Waals surface area contributed by atoms with Gasteiger partial charge in [0.15, 0.2) is 0 Å². The van der Waals surface area contributed by atoms with E-state index in [1.807, 2.05) is 13.3 Å². The van der Waals surface area contributed by atoms with E-state index in [-0.39, 0.29) is 0 Å². The van der Waals surface area contributed by atoms with Gasteiger partial charge in [0.1, 0.15) is 0 Å². The monoisotopic (exact) mass is 251 g/mol. The first-order valence-corrected chi connectivity index (χ1v) is 7.04. The zero-order chi connectivity index (χ0) is 13.0. The number of rotatable bonds is 5. The Balaban J connectivity index is 2.00. The smallest absolute Gasteiger partial charge is 0.0591 e. The highest BCUT2D eigenvalue weighted by Gasteiger charge is 2.23. The highest BCUT2D eigenvalue weighted by atomic mass is 16.5. The van der Waals surface area contributed by atoms with Gasteiger partial charge in [-0.1, -0.05) is 6.92 Å². The zero-order valence-electron chi connectivity index (χ0n) is 11.7. The minimum Gasteiger partial charge on any atom is -0.381 e.